The first-order valence-electron chi connectivity index (χ1n) is 2.12. The predicted octanol–water partition coefficient (Wildman–Crippen LogP) is 1.60. The van der Waals surface area contributed by atoms with Crippen LogP contribution in [0.4, 0.5) is 0 Å². The topological polar surface area (TPSA) is 12.0 Å². The first-order chi connectivity index (χ1) is 2.81. The van der Waals surface area contributed by atoms with E-state index in [2.05, 4.69) is 5.32 Å². The quantitative estimate of drug-likeness (QED) is 0.458. The van der Waals surface area contributed by atoms with Crippen molar-refractivity contribution in [3.05, 3.63) is 0 Å². The molecule has 1 nitrogen and oxygen atoms in total. The van der Waals surface area contributed by atoms with Crippen LogP contribution < -0.4 is 5.32 Å². The van der Waals surface area contributed by atoms with Crippen molar-refractivity contribution in [2.45, 2.75) is 18.8 Å². The molecule has 0 fully saturated rings. The second kappa shape index (κ2) is 6.54. The number of halogens is 2. The number of hydrogen-bond acceptors (Lipinski definition) is 1. The Morgan fingerprint density at radius 2 is 2.14 bits per heavy atom. The summed E-state index contributed by atoms with van der Waals surface area (Å²) in [4.78, 5) is 0. The molecule has 0 aromatic carbocycles. The second-order valence-electron chi connectivity index (χ2n) is 1.16. The van der Waals surface area contributed by atoms with Crippen LogP contribution in [0.2, 0.25) is 0 Å². The molecule has 7 heavy (non-hydrogen) atoms. The van der Waals surface area contributed by atoms with Crippen molar-refractivity contribution >= 4 is 24.0 Å². The monoisotopic (exact) mass is 143 g/mol. The summed E-state index contributed by atoms with van der Waals surface area (Å²) in [6.45, 7) is 2.04. The Kier molecular flexibility index (Phi) is 9.82. The summed E-state index contributed by atoms with van der Waals surface area (Å²) in [5.41, 5.74) is 0.157. The van der Waals surface area contributed by atoms with E-state index < -0.39 is 0 Å². The van der Waals surface area contributed by atoms with E-state index >= 15 is 0 Å². The molecule has 0 aliphatic rings. The SMILES string of the molecule is CCC(Cl)NC.Cl. The molecule has 1 atom stereocenters. The van der Waals surface area contributed by atoms with E-state index in [0.717, 1.165) is 6.42 Å². The van der Waals surface area contributed by atoms with E-state index in [4.69, 9.17) is 11.6 Å². The van der Waals surface area contributed by atoms with E-state index in [1.54, 1.807) is 0 Å². The van der Waals surface area contributed by atoms with Crippen molar-refractivity contribution in [3.63, 3.8) is 0 Å². The van der Waals surface area contributed by atoms with Crippen molar-refractivity contribution in [1.29, 1.82) is 0 Å². The summed E-state index contributed by atoms with van der Waals surface area (Å²) in [5.74, 6) is 0. The molecule has 0 aromatic rings. The second-order valence-corrected chi connectivity index (χ2v) is 1.69. The van der Waals surface area contributed by atoms with Gasteiger partial charge in [-0.1, -0.05) is 6.92 Å². The van der Waals surface area contributed by atoms with Crippen molar-refractivity contribution in [2.75, 3.05) is 7.05 Å². The van der Waals surface area contributed by atoms with E-state index in [9.17, 15) is 0 Å². The van der Waals surface area contributed by atoms with Gasteiger partial charge in [-0.2, -0.15) is 0 Å². The molecule has 46 valence electrons. The van der Waals surface area contributed by atoms with Gasteiger partial charge in [0.05, 0.1) is 5.50 Å². The average Bonchev–Trinajstić information content (AvgIpc) is 1.65. The maximum atomic E-state index is 5.54. The van der Waals surface area contributed by atoms with Gasteiger partial charge in [-0.3, -0.25) is 0 Å². The van der Waals surface area contributed by atoms with Gasteiger partial charge < -0.3 is 5.32 Å². The fourth-order valence-electron chi connectivity index (χ4n) is 0.204. The third-order valence-electron chi connectivity index (χ3n) is 0.672. The minimum Gasteiger partial charge on any atom is -0.304 e. The first-order valence-corrected chi connectivity index (χ1v) is 2.56. The molecule has 3 heteroatoms. The van der Waals surface area contributed by atoms with Gasteiger partial charge in [0.15, 0.2) is 0 Å². The number of rotatable bonds is 2. The zero-order valence-corrected chi connectivity index (χ0v) is 6.14. The molecule has 0 heterocycles. The Morgan fingerprint density at radius 1 is 1.71 bits per heavy atom. The van der Waals surface area contributed by atoms with E-state index in [1.807, 2.05) is 14.0 Å². The smallest absolute Gasteiger partial charge is 0.0820 e. The number of nitrogens with one attached hydrogen (secondary N) is 1. The minimum atomic E-state index is 0. The van der Waals surface area contributed by atoms with Crippen LogP contribution in [0.1, 0.15) is 13.3 Å². The lowest BCUT2D eigenvalue weighted by atomic mass is 10.5. The van der Waals surface area contributed by atoms with Gasteiger partial charge in [-0.25, -0.2) is 0 Å². The number of hydrogen-bond donors (Lipinski definition) is 1. The molecular weight excluding hydrogens is 133 g/mol. The molecule has 0 saturated heterocycles. The molecular formula is C4H11Cl2N. The average molecular weight is 144 g/mol. The molecule has 0 radical (unpaired) electrons. The summed E-state index contributed by atoms with van der Waals surface area (Å²) in [6.07, 6.45) is 0.984. The summed E-state index contributed by atoms with van der Waals surface area (Å²) < 4.78 is 0. The van der Waals surface area contributed by atoms with Crippen LogP contribution in [-0.2, 0) is 0 Å². The van der Waals surface area contributed by atoms with Crippen molar-refractivity contribution in [2.24, 2.45) is 0 Å². The lowest BCUT2D eigenvalue weighted by molar-refractivity contribution is 0.708. The zero-order valence-electron chi connectivity index (χ0n) is 4.57. The van der Waals surface area contributed by atoms with Crippen LogP contribution in [-0.4, -0.2) is 12.5 Å². The third kappa shape index (κ3) is 6.54. The Balaban J connectivity index is 0. The van der Waals surface area contributed by atoms with Gasteiger partial charge in [0, 0.05) is 0 Å². The molecule has 0 amide bonds. The summed E-state index contributed by atoms with van der Waals surface area (Å²) in [6, 6.07) is 0. The maximum absolute atomic E-state index is 5.54. The molecule has 0 saturated carbocycles. The van der Waals surface area contributed by atoms with Crippen LogP contribution in [0.25, 0.3) is 0 Å². The molecule has 0 aliphatic carbocycles. The predicted molar refractivity (Wildman–Crippen MR) is 36.2 cm³/mol. The minimum absolute atomic E-state index is 0. The number of alkyl halides is 1. The van der Waals surface area contributed by atoms with Gasteiger partial charge >= 0.3 is 0 Å². The van der Waals surface area contributed by atoms with Gasteiger partial charge in [0.1, 0.15) is 0 Å². The molecule has 0 aliphatic heterocycles. The standard InChI is InChI=1S/C4H10ClN.ClH/c1-3-4(5)6-2;/h4,6H,3H2,1-2H3;1H. The Morgan fingerprint density at radius 3 is 2.14 bits per heavy atom. The Hall–Kier alpha value is 0.540. The molecule has 1 unspecified atom stereocenters. The summed E-state index contributed by atoms with van der Waals surface area (Å²) in [5, 5.41) is 2.88. The van der Waals surface area contributed by atoms with Crippen LogP contribution in [0, 0.1) is 0 Å². The lowest BCUT2D eigenvalue weighted by Crippen LogP contribution is -2.16. The van der Waals surface area contributed by atoms with Gasteiger partial charge in [-0.15, -0.1) is 24.0 Å². The highest BCUT2D eigenvalue weighted by atomic mass is 35.5. The highest BCUT2D eigenvalue weighted by Gasteiger charge is 1.89. The van der Waals surface area contributed by atoms with Crippen LogP contribution in [0.5, 0.6) is 0 Å². The highest BCUT2D eigenvalue weighted by molar-refractivity contribution is 6.20. The molecule has 0 rings (SSSR count). The zero-order chi connectivity index (χ0) is 4.99. The molecule has 1 N–H and O–H groups in total. The van der Waals surface area contributed by atoms with Crippen molar-refractivity contribution < 1.29 is 0 Å². The van der Waals surface area contributed by atoms with Crippen LogP contribution >= 0.6 is 24.0 Å². The molecule has 0 spiro atoms. The Labute approximate surface area is 55.8 Å². The third-order valence-corrected chi connectivity index (χ3v) is 1.20. The molecule has 0 aromatic heterocycles. The van der Waals surface area contributed by atoms with Crippen LogP contribution in [0.15, 0.2) is 0 Å². The van der Waals surface area contributed by atoms with E-state index in [-0.39, 0.29) is 17.9 Å². The summed E-state index contributed by atoms with van der Waals surface area (Å²) in [7, 11) is 1.85. The van der Waals surface area contributed by atoms with Crippen molar-refractivity contribution in [1.82, 2.24) is 5.32 Å². The maximum Gasteiger partial charge on any atom is 0.0820 e. The fraction of sp³-hybridized carbons (Fsp3) is 1.00. The highest BCUT2D eigenvalue weighted by Crippen LogP contribution is 1.91. The Bertz CT molecular complexity index is 28.9. The van der Waals surface area contributed by atoms with Gasteiger partial charge in [0.25, 0.3) is 0 Å². The van der Waals surface area contributed by atoms with Gasteiger partial charge in [0.2, 0.25) is 0 Å². The van der Waals surface area contributed by atoms with Gasteiger partial charge in [-0.05, 0) is 13.5 Å². The summed E-state index contributed by atoms with van der Waals surface area (Å²) >= 11 is 5.54. The van der Waals surface area contributed by atoms with E-state index in [1.165, 1.54) is 0 Å². The fourth-order valence-corrected chi connectivity index (χ4v) is 0.204. The first kappa shape index (κ1) is 10.5. The van der Waals surface area contributed by atoms with Crippen molar-refractivity contribution in [3.8, 4) is 0 Å². The van der Waals surface area contributed by atoms with E-state index in [0.29, 0.717) is 0 Å². The normalized spacial score (nSPS) is 12.4. The molecule has 0 bridgehead atoms. The lowest BCUT2D eigenvalue weighted by Gasteiger charge is -1.99. The van der Waals surface area contributed by atoms with Crippen LogP contribution in [0.3, 0.4) is 0 Å². The largest absolute Gasteiger partial charge is 0.304 e.